The molecule has 0 saturated carbocycles. The summed E-state index contributed by atoms with van der Waals surface area (Å²) in [5.74, 6) is -7.84. The normalized spacial score (nSPS) is 28.7. The average Bonchev–Trinajstić information content (AvgIpc) is 3.83. The molecule has 332 valence electrons. The van der Waals surface area contributed by atoms with Crippen molar-refractivity contribution < 1.29 is 53.7 Å². The maximum absolute atomic E-state index is 14.6. The number of nitrogens with one attached hydrogen (secondary N) is 5. The van der Waals surface area contributed by atoms with Crippen LogP contribution in [0.4, 0.5) is 0 Å². The predicted octanol–water partition coefficient (Wildman–Crippen LogP) is 0.123. The smallest absolute Gasteiger partial charge is 0.305 e. The summed E-state index contributed by atoms with van der Waals surface area (Å²) in [4.78, 5) is 114. The van der Waals surface area contributed by atoms with E-state index in [1.165, 1.54) is 24.0 Å². The highest BCUT2D eigenvalue weighted by Crippen LogP contribution is 2.26. The van der Waals surface area contributed by atoms with Gasteiger partial charge in [0, 0.05) is 24.9 Å². The van der Waals surface area contributed by atoms with Crippen molar-refractivity contribution in [2.75, 3.05) is 13.1 Å². The summed E-state index contributed by atoms with van der Waals surface area (Å²) in [6.45, 7) is 12.2. The first kappa shape index (κ1) is 47.6. The number of fused-ring (bicyclic) bond motifs is 2. The number of benzene rings is 1. The van der Waals surface area contributed by atoms with Gasteiger partial charge in [-0.15, -0.1) is 0 Å². The molecule has 0 bridgehead atoms. The SMILES string of the molecule is CC(C)C[C@@H]1NC(=O)[C@H]2CCCN2C(=O)[C@H](Cc2ccc(O)cc2)NC(=O)[C@@H]2CCCN2[C@H](C(=O)NC(C)(C)C)[C@H](C)NC(=O)[C@H]([C@@H](C)O)CC(=O)[C@H](CC(=O)O)NC1=O. The number of phenols is 1. The standard InChI is InChI=1S/C42H63N7O11/c1-22(2)18-29-37(56)44-28(21-34(53)54)33(52)20-27(24(4)50)36(55)43-23(3)35(40(59)47-42(5,6)7)48-16-8-10-31(48)38(57)46-30(19-25-12-14-26(51)15-13-25)41(60)49-17-9-11-32(49)39(58)45-29/h12-15,22-24,27-32,35,50-51H,8-11,16-21H2,1-7H3,(H,43,55)(H,44,56)(H,45,58)(H,46,57)(H,47,59)(H,53,54)/t23-,24+,27-,28-,29-,30-,31-,32+,35-/m0/s1. The Morgan fingerprint density at radius 3 is 2.00 bits per heavy atom. The lowest BCUT2D eigenvalue weighted by molar-refractivity contribution is -0.143. The lowest BCUT2D eigenvalue weighted by atomic mass is 9.91. The van der Waals surface area contributed by atoms with E-state index in [2.05, 4.69) is 26.6 Å². The molecular formula is C42H63N7O11. The van der Waals surface area contributed by atoms with Crippen LogP contribution in [0.1, 0.15) is 99.0 Å². The zero-order valence-corrected chi connectivity index (χ0v) is 35.7. The molecule has 0 unspecified atom stereocenters. The van der Waals surface area contributed by atoms with Gasteiger partial charge in [-0.1, -0.05) is 26.0 Å². The van der Waals surface area contributed by atoms with Crippen LogP contribution in [0.5, 0.6) is 5.75 Å². The number of hydrogen-bond acceptors (Lipinski definition) is 11. The first-order valence-corrected chi connectivity index (χ1v) is 20.9. The second-order valence-electron chi connectivity index (χ2n) is 17.9. The second kappa shape index (κ2) is 20.4. The number of aliphatic hydroxyl groups is 1. The lowest BCUT2D eigenvalue weighted by Crippen LogP contribution is -2.64. The number of carbonyl (C=O) groups is 8. The number of aliphatic carboxylic acids is 1. The van der Waals surface area contributed by atoms with Crippen LogP contribution in [0.15, 0.2) is 24.3 Å². The van der Waals surface area contributed by atoms with Crippen molar-refractivity contribution in [3.8, 4) is 5.75 Å². The lowest BCUT2D eigenvalue weighted by Gasteiger charge is -2.38. The van der Waals surface area contributed by atoms with E-state index in [0.29, 0.717) is 24.8 Å². The van der Waals surface area contributed by atoms with E-state index in [4.69, 9.17) is 0 Å². The molecule has 1 aromatic carbocycles. The van der Waals surface area contributed by atoms with Crippen molar-refractivity contribution in [3.05, 3.63) is 29.8 Å². The third kappa shape index (κ3) is 12.7. The Morgan fingerprint density at radius 2 is 1.40 bits per heavy atom. The fourth-order valence-electron chi connectivity index (χ4n) is 8.27. The fourth-order valence-corrected chi connectivity index (χ4v) is 8.27. The molecule has 18 heteroatoms. The zero-order valence-electron chi connectivity index (χ0n) is 35.7. The van der Waals surface area contributed by atoms with Crippen LogP contribution in [-0.2, 0) is 44.8 Å². The third-order valence-electron chi connectivity index (χ3n) is 11.2. The molecule has 3 aliphatic heterocycles. The van der Waals surface area contributed by atoms with Crippen molar-refractivity contribution >= 4 is 47.2 Å². The Morgan fingerprint density at radius 1 is 0.817 bits per heavy atom. The van der Waals surface area contributed by atoms with E-state index >= 15 is 0 Å². The molecule has 18 nitrogen and oxygen atoms in total. The number of rotatable bonds is 8. The summed E-state index contributed by atoms with van der Waals surface area (Å²) < 4.78 is 0. The summed E-state index contributed by atoms with van der Waals surface area (Å²) in [6.07, 6.45) is -1.41. The maximum atomic E-state index is 14.6. The minimum Gasteiger partial charge on any atom is -0.508 e. The van der Waals surface area contributed by atoms with Gasteiger partial charge in [-0.05, 0) is 96.9 Å². The van der Waals surface area contributed by atoms with E-state index in [1.807, 2.05) is 0 Å². The number of carboxylic acids is 1. The van der Waals surface area contributed by atoms with Crippen LogP contribution in [0.25, 0.3) is 0 Å². The van der Waals surface area contributed by atoms with Crippen LogP contribution in [-0.4, -0.2) is 139 Å². The van der Waals surface area contributed by atoms with Gasteiger partial charge < -0.3 is 46.8 Å². The molecule has 4 rings (SSSR count). The number of phenolic OH excluding ortho intramolecular Hbond substituents is 1. The predicted molar refractivity (Wildman–Crippen MR) is 218 cm³/mol. The number of amides is 6. The van der Waals surface area contributed by atoms with E-state index in [-0.39, 0.29) is 44.0 Å². The highest BCUT2D eigenvalue weighted by atomic mass is 16.4. The van der Waals surface area contributed by atoms with Crippen molar-refractivity contribution in [1.82, 2.24) is 36.4 Å². The summed E-state index contributed by atoms with van der Waals surface area (Å²) in [6, 6.07) is -2.11. The van der Waals surface area contributed by atoms with Crippen molar-refractivity contribution in [3.63, 3.8) is 0 Å². The van der Waals surface area contributed by atoms with Gasteiger partial charge in [0.25, 0.3) is 0 Å². The van der Waals surface area contributed by atoms with Gasteiger partial charge in [0.1, 0.15) is 29.9 Å². The molecule has 3 aliphatic rings. The molecule has 60 heavy (non-hydrogen) atoms. The second-order valence-corrected chi connectivity index (χ2v) is 17.9. The summed E-state index contributed by atoms with van der Waals surface area (Å²) >= 11 is 0. The molecule has 3 saturated heterocycles. The Bertz CT molecular complexity index is 1760. The quantitative estimate of drug-likeness (QED) is 0.174. The van der Waals surface area contributed by atoms with Crippen LogP contribution < -0.4 is 26.6 Å². The molecular weight excluding hydrogens is 778 g/mol. The van der Waals surface area contributed by atoms with Crippen molar-refractivity contribution in [1.29, 1.82) is 0 Å². The Hall–Kier alpha value is -5.10. The number of hydrogen-bond donors (Lipinski definition) is 8. The first-order valence-electron chi connectivity index (χ1n) is 20.9. The molecule has 3 fully saturated rings. The molecule has 0 spiro atoms. The van der Waals surface area contributed by atoms with Gasteiger partial charge in [-0.25, -0.2) is 0 Å². The van der Waals surface area contributed by atoms with E-state index < -0.39 is 120 Å². The van der Waals surface area contributed by atoms with Crippen LogP contribution in [0.3, 0.4) is 0 Å². The highest BCUT2D eigenvalue weighted by molar-refractivity contribution is 5.98. The third-order valence-corrected chi connectivity index (χ3v) is 11.2. The maximum Gasteiger partial charge on any atom is 0.305 e. The summed E-state index contributed by atoms with van der Waals surface area (Å²) in [7, 11) is 0. The van der Waals surface area contributed by atoms with Gasteiger partial charge in [0.15, 0.2) is 5.78 Å². The molecule has 9 atom stereocenters. The van der Waals surface area contributed by atoms with Gasteiger partial charge in [-0.2, -0.15) is 0 Å². The number of carboxylic acid groups (broad SMARTS) is 1. The number of nitrogens with zero attached hydrogens (tertiary/aromatic N) is 2. The number of aliphatic hydroxyl groups excluding tert-OH is 1. The number of carbonyl (C=O) groups excluding carboxylic acids is 7. The van der Waals surface area contributed by atoms with E-state index in [1.54, 1.807) is 58.6 Å². The zero-order chi connectivity index (χ0) is 44.6. The van der Waals surface area contributed by atoms with Gasteiger partial charge in [0.2, 0.25) is 35.4 Å². The van der Waals surface area contributed by atoms with Gasteiger partial charge >= 0.3 is 5.97 Å². The minimum absolute atomic E-state index is 0.00177. The summed E-state index contributed by atoms with van der Waals surface area (Å²) in [5.41, 5.74) is -0.127. The molecule has 3 heterocycles. The number of ketones is 1. The Labute approximate surface area is 350 Å². The van der Waals surface area contributed by atoms with Crippen LogP contribution in [0.2, 0.25) is 0 Å². The van der Waals surface area contributed by atoms with E-state index in [0.717, 1.165) is 0 Å². The van der Waals surface area contributed by atoms with Crippen molar-refractivity contribution in [2.24, 2.45) is 11.8 Å². The van der Waals surface area contributed by atoms with Crippen LogP contribution in [0, 0.1) is 11.8 Å². The van der Waals surface area contributed by atoms with Gasteiger partial charge in [-0.3, -0.25) is 43.3 Å². The minimum atomic E-state index is -1.64. The van der Waals surface area contributed by atoms with Crippen molar-refractivity contribution in [2.45, 2.75) is 154 Å². The topological polar surface area (TPSA) is 264 Å². The Kier molecular flexibility index (Phi) is 16.2. The van der Waals surface area contributed by atoms with Gasteiger partial charge in [0.05, 0.1) is 36.6 Å². The molecule has 0 aliphatic carbocycles. The number of Topliss-reactive ketones (excluding diaryl/α,β-unsaturated/α-hetero) is 1. The molecule has 0 radical (unpaired) electrons. The Balaban J connectivity index is 1.83. The number of aromatic hydroxyl groups is 1. The summed E-state index contributed by atoms with van der Waals surface area (Å²) in [5, 5.41) is 44.3. The van der Waals surface area contributed by atoms with E-state index in [9.17, 15) is 53.7 Å². The fraction of sp³-hybridized carbons (Fsp3) is 0.667. The monoisotopic (exact) mass is 841 g/mol. The molecule has 8 N–H and O–H groups in total. The van der Waals surface area contributed by atoms with Crippen LogP contribution >= 0.6 is 0 Å². The largest absolute Gasteiger partial charge is 0.508 e. The molecule has 6 amide bonds. The molecule has 0 aromatic heterocycles. The highest BCUT2D eigenvalue weighted by Gasteiger charge is 2.45. The first-order chi connectivity index (χ1) is 28.1. The average molecular weight is 842 g/mol. The molecule has 1 aromatic rings.